The Kier molecular flexibility index (Phi) is 6.31. The SMILES string of the molecule is Clc1ccc(COc2ccccc2C=Nc2ccc([C@@H]3Nc4ccccc4[C@@H]4C=CC[C@@H]43)cc2)cc1. The van der Waals surface area contributed by atoms with Crippen molar-refractivity contribution in [3.8, 4) is 5.75 Å². The van der Waals surface area contributed by atoms with Crippen LogP contribution in [0.2, 0.25) is 5.02 Å². The summed E-state index contributed by atoms with van der Waals surface area (Å²) in [4.78, 5) is 4.74. The molecule has 2 aliphatic rings. The smallest absolute Gasteiger partial charge is 0.128 e. The first-order valence-corrected chi connectivity index (χ1v) is 12.7. The lowest BCUT2D eigenvalue weighted by Gasteiger charge is -2.37. The summed E-state index contributed by atoms with van der Waals surface area (Å²) in [6.07, 6.45) is 7.68. The van der Waals surface area contributed by atoms with Gasteiger partial charge in [-0.15, -0.1) is 0 Å². The van der Waals surface area contributed by atoms with Gasteiger partial charge in [0.1, 0.15) is 12.4 Å². The number of aliphatic imine (C=N–C) groups is 1. The van der Waals surface area contributed by atoms with E-state index in [1.54, 1.807) is 0 Å². The topological polar surface area (TPSA) is 33.6 Å². The Morgan fingerprint density at radius 2 is 1.67 bits per heavy atom. The zero-order valence-corrected chi connectivity index (χ0v) is 20.6. The summed E-state index contributed by atoms with van der Waals surface area (Å²) in [5, 5.41) is 4.52. The number of hydrogen-bond acceptors (Lipinski definition) is 3. The number of fused-ring (bicyclic) bond motifs is 3. The second-order valence-corrected chi connectivity index (χ2v) is 9.80. The molecule has 3 nitrogen and oxygen atoms in total. The minimum absolute atomic E-state index is 0.292. The Balaban J connectivity index is 1.17. The lowest BCUT2D eigenvalue weighted by molar-refractivity contribution is 0.306. The molecule has 1 aliphatic heterocycles. The Bertz CT molecular complexity index is 1410. The van der Waals surface area contributed by atoms with Crippen LogP contribution < -0.4 is 10.1 Å². The van der Waals surface area contributed by atoms with Crippen molar-refractivity contribution in [1.82, 2.24) is 0 Å². The summed E-state index contributed by atoms with van der Waals surface area (Å²) >= 11 is 5.99. The van der Waals surface area contributed by atoms with E-state index in [1.165, 1.54) is 16.8 Å². The number of allylic oxidation sites excluding steroid dienone is 2. The third-order valence-electron chi connectivity index (χ3n) is 7.10. The molecule has 1 aliphatic carbocycles. The Morgan fingerprint density at radius 1 is 0.889 bits per heavy atom. The average Bonchev–Trinajstić information content (AvgIpc) is 3.42. The summed E-state index contributed by atoms with van der Waals surface area (Å²) in [6.45, 7) is 0.477. The van der Waals surface area contributed by atoms with Crippen LogP contribution in [0, 0.1) is 5.92 Å². The van der Waals surface area contributed by atoms with Gasteiger partial charge in [-0.25, -0.2) is 0 Å². The zero-order valence-electron chi connectivity index (χ0n) is 19.8. The minimum atomic E-state index is 0.292. The molecule has 0 spiro atoms. The fourth-order valence-corrected chi connectivity index (χ4v) is 5.37. The summed E-state index contributed by atoms with van der Waals surface area (Å²) in [5.41, 5.74) is 6.89. The van der Waals surface area contributed by atoms with Crippen LogP contribution in [0.25, 0.3) is 0 Å². The van der Waals surface area contributed by atoms with Crippen molar-refractivity contribution in [2.45, 2.75) is 25.0 Å². The highest BCUT2D eigenvalue weighted by atomic mass is 35.5. The molecule has 36 heavy (non-hydrogen) atoms. The van der Waals surface area contributed by atoms with Gasteiger partial charge in [-0.05, 0) is 71.5 Å². The molecule has 1 heterocycles. The normalized spacial score (nSPS) is 20.1. The number of benzene rings is 4. The van der Waals surface area contributed by atoms with Crippen LogP contribution in [-0.2, 0) is 6.61 Å². The van der Waals surface area contributed by atoms with Gasteiger partial charge >= 0.3 is 0 Å². The first kappa shape index (κ1) is 22.6. The van der Waals surface area contributed by atoms with Gasteiger partial charge in [0.15, 0.2) is 0 Å². The number of nitrogens with one attached hydrogen (secondary N) is 1. The van der Waals surface area contributed by atoms with Crippen LogP contribution in [0.3, 0.4) is 0 Å². The number of halogens is 1. The second-order valence-electron chi connectivity index (χ2n) is 9.37. The van der Waals surface area contributed by atoms with Gasteiger partial charge in [0.05, 0.1) is 11.7 Å². The van der Waals surface area contributed by atoms with Crippen molar-refractivity contribution in [3.63, 3.8) is 0 Å². The second kappa shape index (κ2) is 10.0. The van der Waals surface area contributed by atoms with E-state index in [0.29, 0.717) is 24.5 Å². The molecular weight excluding hydrogens is 464 g/mol. The highest BCUT2D eigenvalue weighted by Crippen LogP contribution is 2.49. The molecule has 0 saturated heterocycles. The number of para-hydroxylation sites is 2. The maximum absolute atomic E-state index is 6.07. The molecule has 1 N–H and O–H groups in total. The third-order valence-corrected chi connectivity index (χ3v) is 7.36. The van der Waals surface area contributed by atoms with Gasteiger partial charge in [-0.2, -0.15) is 0 Å². The van der Waals surface area contributed by atoms with Crippen LogP contribution >= 0.6 is 11.6 Å². The van der Waals surface area contributed by atoms with Crippen LogP contribution in [0.1, 0.15) is 40.6 Å². The lowest BCUT2D eigenvalue weighted by atomic mass is 9.77. The fraction of sp³-hybridized carbons (Fsp3) is 0.156. The molecule has 4 aromatic carbocycles. The van der Waals surface area contributed by atoms with E-state index in [2.05, 4.69) is 66.0 Å². The molecule has 0 saturated carbocycles. The van der Waals surface area contributed by atoms with Gasteiger partial charge in [0, 0.05) is 28.4 Å². The first-order chi connectivity index (χ1) is 17.7. The van der Waals surface area contributed by atoms with E-state index >= 15 is 0 Å². The van der Waals surface area contributed by atoms with Gasteiger partial charge in [0.25, 0.3) is 0 Å². The molecule has 4 aromatic rings. The highest BCUT2D eigenvalue weighted by molar-refractivity contribution is 6.30. The van der Waals surface area contributed by atoms with Gasteiger partial charge < -0.3 is 10.1 Å². The van der Waals surface area contributed by atoms with E-state index in [-0.39, 0.29) is 0 Å². The molecule has 4 heteroatoms. The third kappa shape index (κ3) is 4.67. The predicted octanol–water partition coefficient (Wildman–Crippen LogP) is 8.50. The number of ether oxygens (including phenoxy) is 1. The van der Waals surface area contributed by atoms with Crippen molar-refractivity contribution < 1.29 is 4.74 Å². The molecule has 0 radical (unpaired) electrons. The Hall–Kier alpha value is -3.82. The number of rotatable bonds is 6. The summed E-state index contributed by atoms with van der Waals surface area (Å²) in [7, 11) is 0. The summed E-state index contributed by atoms with van der Waals surface area (Å²) < 4.78 is 6.07. The molecule has 6 rings (SSSR count). The van der Waals surface area contributed by atoms with E-state index in [9.17, 15) is 0 Å². The monoisotopic (exact) mass is 490 g/mol. The summed E-state index contributed by atoms with van der Waals surface area (Å²) in [6, 6.07) is 33.3. The largest absolute Gasteiger partial charge is 0.488 e. The Morgan fingerprint density at radius 3 is 2.53 bits per heavy atom. The molecule has 3 atom stereocenters. The molecule has 0 aromatic heterocycles. The standard InChI is InChI=1S/C32H27ClN2O/c33-25-16-12-22(13-17-25)21-36-31-11-4-1-6-24(31)20-34-26-18-14-23(15-19-26)32-29-9-5-8-27(29)28-7-2-3-10-30(28)35-32/h1-8,10-20,27,29,32,35H,9,21H2/t27-,29-,32-/m0/s1. The quantitative estimate of drug-likeness (QED) is 0.217. The molecule has 0 bridgehead atoms. The number of anilines is 1. The molecule has 0 amide bonds. The van der Waals surface area contributed by atoms with Crippen molar-refractivity contribution in [3.05, 3.63) is 136 Å². The molecule has 0 unspecified atom stereocenters. The van der Waals surface area contributed by atoms with E-state index in [4.69, 9.17) is 21.3 Å². The average molecular weight is 491 g/mol. The Labute approximate surface area is 217 Å². The van der Waals surface area contributed by atoms with Crippen molar-refractivity contribution in [1.29, 1.82) is 0 Å². The number of nitrogens with zero attached hydrogens (tertiary/aromatic N) is 1. The van der Waals surface area contributed by atoms with Gasteiger partial charge in [-0.3, -0.25) is 4.99 Å². The van der Waals surface area contributed by atoms with Crippen LogP contribution in [0.4, 0.5) is 11.4 Å². The predicted molar refractivity (Wildman–Crippen MR) is 149 cm³/mol. The first-order valence-electron chi connectivity index (χ1n) is 12.4. The highest BCUT2D eigenvalue weighted by Gasteiger charge is 2.37. The fourth-order valence-electron chi connectivity index (χ4n) is 5.25. The van der Waals surface area contributed by atoms with E-state index in [0.717, 1.165) is 34.0 Å². The van der Waals surface area contributed by atoms with Gasteiger partial charge in [-0.1, -0.05) is 78.4 Å². The van der Waals surface area contributed by atoms with E-state index in [1.807, 2.05) is 54.7 Å². The van der Waals surface area contributed by atoms with E-state index < -0.39 is 0 Å². The molecule has 0 fully saturated rings. The van der Waals surface area contributed by atoms with Gasteiger partial charge in [0.2, 0.25) is 0 Å². The maximum atomic E-state index is 6.07. The number of hydrogen-bond donors (Lipinski definition) is 1. The minimum Gasteiger partial charge on any atom is -0.488 e. The van der Waals surface area contributed by atoms with Crippen LogP contribution in [0.15, 0.2) is 114 Å². The van der Waals surface area contributed by atoms with Crippen LogP contribution in [0.5, 0.6) is 5.75 Å². The zero-order chi connectivity index (χ0) is 24.3. The maximum Gasteiger partial charge on any atom is 0.128 e. The van der Waals surface area contributed by atoms with Crippen LogP contribution in [-0.4, -0.2) is 6.21 Å². The van der Waals surface area contributed by atoms with Crippen molar-refractivity contribution in [2.24, 2.45) is 10.9 Å². The lowest BCUT2D eigenvalue weighted by Crippen LogP contribution is -2.28. The van der Waals surface area contributed by atoms with Crippen molar-refractivity contribution in [2.75, 3.05) is 5.32 Å². The molecule has 178 valence electrons. The van der Waals surface area contributed by atoms with Crippen molar-refractivity contribution >= 4 is 29.2 Å². The summed E-state index contributed by atoms with van der Waals surface area (Å²) in [5.74, 6) is 1.83. The molecular formula is C32H27ClN2O.